The van der Waals surface area contributed by atoms with E-state index >= 15 is 0 Å². The maximum atomic E-state index is 12.7. The van der Waals surface area contributed by atoms with Gasteiger partial charge < -0.3 is 10.2 Å². The van der Waals surface area contributed by atoms with Crippen LogP contribution in [0.2, 0.25) is 5.02 Å². The molecule has 138 valence electrons. The van der Waals surface area contributed by atoms with Crippen molar-refractivity contribution in [1.29, 1.82) is 0 Å². The lowest BCUT2D eigenvalue weighted by Crippen LogP contribution is -2.31. The van der Waals surface area contributed by atoms with E-state index in [2.05, 4.69) is 15.3 Å². The maximum Gasteiger partial charge on any atom is 0.296 e. The molecule has 0 atom stereocenters. The molecule has 1 amide bonds. The summed E-state index contributed by atoms with van der Waals surface area (Å²) >= 11 is 6.12. The van der Waals surface area contributed by atoms with Crippen molar-refractivity contribution in [3.8, 4) is 0 Å². The van der Waals surface area contributed by atoms with Gasteiger partial charge in [0, 0.05) is 30.9 Å². The molecule has 3 rings (SSSR count). The van der Waals surface area contributed by atoms with Crippen LogP contribution in [0.4, 0.5) is 11.4 Å². The highest BCUT2D eigenvalue weighted by molar-refractivity contribution is 6.47. The van der Waals surface area contributed by atoms with Crippen LogP contribution in [0.25, 0.3) is 0 Å². The number of benzene rings is 1. The number of aromatic nitrogens is 2. The van der Waals surface area contributed by atoms with Crippen LogP contribution in [0.3, 0.4) is 0 Å². The average Bonchev–Trinajstić information content (AvgIpc) is 2.87. The van der Waals surface area contributed by atoms with E-state index < -0.39 is 11.7 Å². The summed E-state index contributed by atoms with van der Waals surface area (Å²) in [6, 6.07) is 5.40. The highest BCUT2D eigenvalue weighted by atomic mass is 35.5. The van der Waals surface area contributed by atoms with Crippen molar-refractivity contribution in [2.45, 2.75) is 33.1 Å². The SMILES string of the molecule is Cc1nn(C)c(C)c1C(=O)C(=O)Nc1cc(Cl)ccc1N1CCCCC1. The first-order chi connectivity index (χ1) is 12.4. The zero-order valence-corrected chi connectivity index (χ0v) is 16.1. The van der Waals surface area contributed by atoms with Gasteiger partial charge in [-0.2, -0.15) is 5.10 Å². The number of halogens is 1. The van der Waals surface area contributed by atoms with Crippen molar-refractivity contribution in [3.63, 3.8) is 0 Å². The third-order valence-electron chi connectivity index (χ3n) is 4.85. The van der Waals surface area contributed by atoms with Crippen LogP contribution in [0.1, 0.15) is 41.0 Å². The summed E-state index contributed by atoms with van der Waals surface area (Å²) in [7, 11) is 1.75. The molecule has 1 saturated heterocycles. The fraction of sp³-hybridized carbons (Fsp3) is 0.421. The van der Waals surface area contributed by atoms with Crippen LogP contribution in [-0.2, 0) is 11.8 Å². The zero-order valence-electron chi connectivity index (χ0n) is 15.3. The lowest BCUT2D eigenvalue weighted by Gasteiger charge is -2.30. The number of Topliss-reactive ketones (excluding diaryl/α,β-unsaturated/α-hetero) is 1. The van der Waals surface area contributed by atoms with E-state index in [-0.39, 0.29) is 0 Å². The van der Waals surface area contributed by atoms with Crippen molar-refractivity contribution in [3.05, 3.63) is 40.2 Å². The van der Waals surface area contributed by atoms with Gasteiger partial charge in [0.2, 0.25) is 0 Å². The molecule has 0 bridgehead atoms. The molecule has 1 aliphatic rings. The van der Waals surface area contributed by atoms with Gasteiger partial charge in [0.05, 0.1) is 22.6 Å². The zero-order chi connectivity index (χ0) is 18.8. The predicted octanol–water partition coefficient (Wildman–Crippen LogP) is 3.50. The molecule has 1 fully saturated rings. The molecule has 1 aromatic heterocycles. The second kappa shape index (κ2) is 7.50. The Morgan fingerprint density at radius 2 is 1.85 bits per heavy atom. The van der Waals surface area contributed by atoms with Crippen LogP contribution < -0.4 is 10.2 Å². The third-order valence-corrected chi connectivity index (χ3v) is 5.08. The minimum atomic E-state index is -0.676. The van der Waals surface area contributed by atoms with Crippen molar-refractivity contribution < 1.29 is 9.59 Å². The van der Waals surface area contributed by atoms with Crippen molar-refractivity contribution >= 4 is 34.7 Å². The van der Waals surface area contributed by atoms with Gasteiger partial charge in [0.15, 0.2) is 0 Å². The number of hydrogen-bond donors (Lipinski definition) is 1. The molecule has 0 spiro atoms. The lowest BCUT2D eigenvalue weighted by atomic mass is 10.1. The predicted molar refractivity (Wildman–Crippen MR) is 103 cm³/mol. The van der Waals surface area contributed by atoms with Crippen LogP contribution in [0.5, 0.6) is 0 Å². The number of hydrogen-bond acceptors (Lipinski definition) is 4. The van der Waals surface area contributed by atoms with E-state index in [1.54, 1.807) is 37.7 Å². The highest BCUT2D eigenvalue weighted by Gasteiger charge is 2.25. The Morgan fingerprint density at radius 1 is 1.15 bits per heavy atom. The van der Waals surface area contributed by atoms with E-state index in [4.69, 9.17) is 11.6 Å². The van der Waals surface area contributed by atoms with Gasteiger partial charge in [-0.05, 0) is 51.3 Å². The van der Waals surface area contributed by atoms with Crippen LogP contribution >= 0.6 is 11.6 Å². The standard InChI is InChI=1S/C19H23ClN4O2/c1-12-17(13(2)23(3)22-12)18(25)19(26)21-15-11-14(20)7-8-16(15)24-9-5-4-6-10-24/h7-8,11H,4-6,9-10H2,1-3H3,(H,21,26). The molecule has 2 heterocycles. The third kappa shape index (κ3) is 3.60. The number of rotatable bonds is 4. The van der Waals surface area contributed by atoms with Gasteiger partial charge in [-0.3, -0.25) is 14.3 Å². The summed E-state index contributed by atoms with van der Waals surface area (Å²) in [6.07, 6.45) is 3.44. The van der Waals surface area contributed by atoms with E-state index in [0.717, 1.165) is 31.6 Å². The van der Waals surface area contributed by atoms with Gasteiger partial charge in [0.25, 0.3) is 11.7 Å². The van der Waals surface area contributed by atoms with Crippen LogP contribution in [0.15, 0.2) is 18.2 Å². The number of nitrogens with one attached hydrogen (secondary N) is 1. The Kier molecular flexibility index (Phi) is 5.32. The number of aryl methyl sites for hydroxylation is 2. The van der Waals surface area contributed by atoms with Gasteiger partial charge in [-0.25, -0.2) is 0 Å². The molecule has 26 heavy (non-hydrogen) atoms. The molecule has 6 nitrogen and oxygen atoms in total. The Balaban J connectivity index is 1.87. The molecule has 1 aliphatic heterocycles. The molecule has 0 radical (unpaired) electrons. The monoisotopic (exact) mass is 374 g/mol. The Hall–Kier alpha value is -2.34. The van der Waals surface area contributed by atoms with Crippen molar-refractivity contribution in [1.82, 2.24) is 9.78 Å². The first kappa shape index (κ1) is 18.5. The van der Waals surface area contributed by atoms with E-state index in [9.17, 15) is 9.59 Å². The molecular formula is C19H23ClN4O2. The van der Waals surface area contributed by atoms with Gasteiger partial charge in [0.1, 0.15) is 0 Å². The number of piperidine rings is 1. The number of carbonyl (C=O) groups is 2. The minimum absolute atomic E-state index is 0.353. The molecule has 0 unspecified atom stereocenters. The van der Waals surface area contributed by atoms with E-state index in [0.29, 0.717) is 27.7 Å². The number of amides is 1. The summed E-state index contributed by atoms with van der Waals surface area (Å²) in [5.74, 6) is -1.26. The molecule has 1 aromatic carbocycles. The number of ketones is 1. The molecule has 0 aliphatic carbocycles. The van der Waals surface area contributed by atoms with E-state index in [1.807, 2.05) is 6.07 Å². The summed E-state index contributed by atoms with van der Waals surface area (Å²) in [5.41, 5.74) is 3.04. The minimum Gasteiger partial charge on any atom is -0.370 e. The fourth-order valence-electron chi connectivity index (χ4n) is 3.41. The number of anilines is 2. The average molecular weight is 375 g/mol. The van der Waals surface area contributed by atoms with Crippen molar-refractivity contribution in [2.75, 3.05) is 23.3 Å². The highest BCUT2D eigenvalue weighted by Crippen LogP contribution is 2.31. The topological polar surface area (TPSA) is 67.2 Å². The molecule has 1 N–H and O–H groups in total. The smallest absolute Gasteiger partial charge is 0.296 e. The lowest BCUT2D eigenvalue weighted by molar-refractivity contribution is -0.112. The maximum absolute atomic E-state index is 12.7. The normalized spacial score (nSPS) is 14.4. The molecular weight excluding hydrogens is 352 g/mol. The first-order valence-electron chi connectivity index (χ1n) is 8.79. The van der Waals surface area contributed by atoms with Gasteiger partial charge in [-0.15, -0.1) is 0 Å². The van der Waals surface area contributed by atoms with Crippen LogP contribution in [-0.4, -0.2) is 34.6 Å². The molecule has 2 aromatic rings. The van der Waals surface area contributed by atoms with Gasteiger partial charge in [-0.1, -0.05) is 11.6 Å². The summed E-state index contributed by atoms with van der Waals surface area (Å²) in [5, 5.41) is 7.49. The quantitative estimate of drug-likeness (QED) is 0.657. The number of nitrogens with zero attached hydrogens (tertiary/aromatic N) is 3. The second-order valence-corrected chi connectivity index (χ2v) is 7.10. The van der Waals surface area contributed by atoms with E-state index in [1.165, 1.54) is 6.42 Å². The largest absolute Gasteiger partial charge is 0.370 e. The Bertz CT molecular complexity index is 853. The Morgan fingerprint density at radius 3 is 2.46 bits per heavy atom. The second-order valence-electron chi connectivity index (χ2n) is 6.66. The number of carbonyl (C=O) groups excluding carboxylic acids is 2. The Labute approximate surface area is 158 Å². The van der Waals surface area contributed by atoms with Crippen LogP contribution in [0, 0.1) is 13.8 Å². The van der Waals surface area contributed by atoms with Gasteiger partial charge >= 0.3 is 0 Å². The molecule has 7 heteroatoms. The summed E-state index contributed by atoms with van der Waals surface area (Å²) in [4.78, 5) is 27.5. The fourth-order valence-corrected chi connectivity index (χ4v) is 3.59. The summed E-state index contributed by atoms with van der Waals surface area (Å²) in [6.45, 7) is 5.36. The first-order valence-corrected chi connectivity index (χ1v) is 9.16. The molecule has 0 saturated carbocycles. The van der Waals surface area contributed by atoms with Crippen molar-refractivity contribution in [2.24, 2.45) is 7.05 Å². The summed E-state index contributed by atoms with van der Waals surface area (Å²) < 4.78 is 1.61.